The summed E-state index contributed by atoms with van der Waals surface area (Å²) in [6.45, 7) is 1.43. The molecule has 0 heterocycles. The van der Waals surface area contributed by atoms with E-state index >= 15 is 0 Å². The summed E-state index contributed by atoms with van der Waals surface area (Å²) in [6, 6.07) is 9.84. The summed E-state index contributed by atoms with van der Waals surface area (Å²) in [6.07, 6.45) is 0. The molecule has 0 bridgehead atoms. The van der Waals surface area contributed by atoms with Crippen molar-refractivity contribution in [1.82, 2.24) is 4.72 Å². The summed E-state index contributed by atoms with van der Waals surface area (Å²) in [7, 11) is -3.82. The molecule has 0 aliphatic heterocycles. The Morgan fingerprint density at radius 3 is 2.35 bits per heavy atom. The zero-order chi connectivity index (χ0) is 17.0. The molecule has 0 aliphatic carbocycles. The lowest BCUT2D eigenvalue weighted by Gasteiger charge is -2.09. The molecule has 0 aliphatic rings. The van der Waals surface area contributed by atoms with Gasteiger partial charge in [0.1, 0.15) is 11.6 Å². The molecule has 0 amide bonds. The van der Waals surface area contributed by atoms with E-state index in [4.69, 9.17) is 5.26 Å². The van der Waals surface area contributed by atoms with Crippen LogP contribution in [0.25, 0.3) is 0 Å². The van der Waals surface area contributed by atoms with Crippen molar-refractivity contribution in [3.63, 3.8) is 0 Å². The number of sulfonamides is 1. The Morgan fingerprint density at radius 2 is 1.74 bits per heavy atom. The molecule has 2 aromatic rings. The number of nitrogens with zero attached hydrogens (tertiary/aromatic N) is 1. The van der Waals surface area contributed by atoms with Gasteiger partial charge < -0.3 is 0 Å². The van der Waals surface area contributed by atoms with Crippen molar-refractivity contribution < 1.29 is 17.2 Å². The molecule has 0 unspecified atom stereocenters. The molecular formula is C16H14F2N2O2S. The van der Waals surface area contributed by atoms with E-state index in [1.165, 1.54) is 24.3 Å². The highest BCUT2D eigenvalue weighted by atomic mass is 32.2. The molecule has 2 rings (SSSR count). The summed E-state index contributed by atoms with van der Waals surface area (Å²) in [5.74, 6) is -1.80. The monoisotopic (exact) mass is 336 g/mol. The number of benzene rings is 2. The lowest BCUT2D eigenvalue weighted by molar-refractivity contribution is 0.568. The van der Waals surface area contributed by atoms with Gasteiger partial charge in [-0.25, -0.2) is 21.9 Å². The topological polar surface area (TPSA) is 70.0 Å². The fourth-order valence-corrected chi connectivity index (χ4v) is 3.09. The van der Waals surface area contributed by atoms with Gasteiger partial charge in [0.2, 0.25) is 10.0 Å². The highest BCUT2D eigenvalue weighted by Gasteiger charge is 2.15. The molecule has 0 spiro atoms. The summed E-state index contributed by atoms with van der Waals surface area (Å²) < 4.78 is 53.6. The van der Waals surface area contributed by atoms with Crippen molar-refractivity contribution in [1.29, 1.82) is 5.26 Å². The summed E-state index contributed by atoms with van der Waals surface area (Å²) in [4.78, 5) is 0. The first kappa shape index (κ1) is 17.1. The average molecular weight is 336 g/mol. The van der Waals surface area contributed by atoms with Gasteiger partial charge in [-0.15, -0.1) is 0 Å². The van der Waals surface area contributed by atoms with Crippen LogP contribution in [0.2, 0.25) is 0 Å². The summed E-state index contributed by atoms with van der Waals surface area (Å²) >= 11 is 0. The molecule has 0 fully saturated rings. The predicted octanol–water partition coefficient (Wildman–Crippen LogP) is 2.76. The van der Waals surface area contributed by atoms with Gasteiger partial charge in [-0.1, -0.05) is 18.2 Å². The van der Waals surface area contributed by atoms with Gasteiger partial charge in [0.05, 0.1) is 17.4 Å². The van der Waals surface area contributed by atoms with Crippen LogP contribution in [0.4, 0.5) is 8.78 Å². The van der Waals surface area contributed by atoms with E-state index in [1.54, 1.807) is 19.1 Å². The van der Waals surface area contributed by atoms with Crippen molar-refractivity contribution in [3.8, 4) is 6.07 Å². The number of aryl methyl sites for hydroxylation is 1. The fraction of sp³-hybridized carbons (Fsp3) is 0.188. The standard InChI is InChI=1S/C16H14F2N2O2S/c1-11-2-4-14(15(17)6-11)10-23(21,22)20-9-13-5-3-12(8-19)7-16(13)18/h2-7,20H,9-10H2,1H3. The highest BCUT2D eigenvalue weighted by Crippen LogP contribution is 2.14. The molecule has 4 nitrogen and oxygen atoms in total. The largest absolute Gasteiger partial charge is 0.216 e. The quantitative estimate of drug-likeness (QED) is 0.913. The third-order valence-electron chi connectivity index (χ3n) is 3.22. The van der Waals surface area contributed by atoms with Crippen LogP contribution in [0.1, 0.15) is 22.3 Å². The minimum absolute atomic E-state index is 0.0448. The number of hydrogen-bond acceptors (Lipinski definition) is 3. The molecule has 2 aromatic carbocycles. The van der Waals surface area contributed by atoms with Crippen molar-refractivity contribution in [2.45, 2.75) is 19.2 Å². The normalized spacial score (nSPS) is 11.2. The number of hydrogen-bond donors (Lipinski definition) is 1. The number of nitriles is 1. The number of nitrogens with one attached hydrogen (secondary N) is 1. The molecule has 120 valence electrons. The molecule has 0 aromatic heterocycles. The lowest BCUT2D eigenvalue weighted by Crippen LogP contribution is -2.25. The average Bonchev–Trinajstić information content (AvgIpc) is 2.49. The van der Waals surface area contributed by atoms with Gasteiger partial charge in [0.25, 0.3) is 0 Å². The van der Waals surface area contributed by atoms with Crippen LogP contribution in [-0.2, 0) is 22.3 Å². The second kappa shape index (κ2) is 6.86. The maximum absolute atomic E-state index is 13.7. The third kappa shape index (κ3) is 4.58. The van der Waals surface area contributed by atoms with Gasteiger partial charge in [-0.3, -0.25) is 0 Å². The van der Waals surface area contributed by atoms with Gasteiger partial charge in [0, 0.05) is 17.7 Å². The zero-order valence-corrected chi connectivity index (χ0v) is 13.1. The minimum Gasteiger partial charge on any atom is -0.212 e. The summed E-state index contributed by atoms with van der Waals surface area (Å²) in [5.41, 5.74) is 0.993. The summed E-state index contributed by atoms with van der Waals surface area (Å²) in [5, 5.41) is 8.66. The fourth-order valence-electron chi connectivity index (χ4n) is 1.97. The zero-order valence-electron chi connectivity index (χ0n) is 12.3. The van der Waals surface area contributed by atoms with Gasteiger partial charge in [-0.2, -0.15) is 5.26 Å². The first-order valence-corrected chi connectivity index (χ1v) is 8.37. The van der Waals surface area contributed by atoms with E-state index < -0.39 is 27.4 Å². The second-order valence-electron chi connectivity index (χ2n) is 5.09. The molecular weight excluding hydrogens is 322 g/mol. The number of rotatable bonds is 5. The van der Waals surface area contributed by atoms with Gasteiger partial charge in [0.15, 0.2) is 0 Å². The van der Waals surface area contributed by atoms with Crippen LogP contribution in [0, 0.1) is 29.9 Å². The number of halogens is 2. The Kier molecular flexibility index (Phi) is 5.08. The van der Waals surface area contributed by atoms with Crippen LogP contribution >= 0.6 is 0 Å². The Hall–Kier alpha value is -2.30. The molecule has 7 heteroatoms. The van der Waals surface area contributed by atoms with E-state index in [0.717, 1.165) is 6.07 Å². The van der Waals surface area contributed by atoms with Gasteiger partial charge in [-0.05, 0) is 30.7 Å². The minimum atomic E-state index is -3.82. The first-order valence-electron chi connectivity index (χ1n) is 6.71. The van der Waals surface area contributed by atoms with E-state index in [1.807, 2.05) is 0 Å². The Balaban J connectivity index is 2.08. The van der Waals surface area contributed by atoms with Crippen LogP contribution in [0.3, 0.4) is 0 Å². The van der Waals surface area contributed by atoms with E-state index in [0.29, 0.717) is 5.56 Å². The van der Waals surface area contributed by atoms with Gasteiger partial charge >= 0.3 is 0 Å². The molecule has 0 saturated heterocycles. The highest BCUT2D eigenvalue weighted by molar-refractivity contribution is 7.88. The predicted molar refractivity (Wildman–Crippen MR) is 81.7 cm³/mol. The van der Waals surface area contributed by atoms with Crippen LogP contribution < -0.4 is 4.72 Å². The SMILES string of the molecule is Cc1ccc(CS(=O)(=O)NCc2ccc(C#N)cc2F)c(F)c1. The van der Waals surface area contributed by atoms with Crippen LogP contribution in [-0.4, -0.2) is 8.42 Å². The maximum Gasteiger partial charge on any atom is 0.216 e. The van der Waals surface area contributed by atoms with Crippen molar-refractivity contribution in [2.75, 3.05) is 0 Å². The lowest BCUT2D eigenvalue weighted by atomic mass is 10.1. The third-order valence-corrected chi connectivity index (χ3v) is 4.49. The Bertz CT molecular complexity index is 874. The van der Waals surface area contributed by atoms with Crippen molar-refractivity contribution in [2.24, 2.45) is 0 Å². The van der Waals surface area contributed by atoms with Crippen LogP contribution in [0.5, 0.6) is 0 Å². The van der Waals surface area contributed by atoms with E-state index in [-0.39, 0.29) is 23.2 Å². The Morgan fingerprint density at radius 1 is 1.09 bits per heavy atom. The molecule has 0 saturated carbocycles. The van der Waals surface area contributed by atoms with Crippen molar-refractivity contribution >= 4 is 10.0 Å². The smallest absolute Gasteiger partial charge is 0.212 e. The first-order chi connectivity index (χ1) is 10.8. The molecule has 0 atom stereocenters. The Labute approximate surface area is 133 Å². The van der Waals surface area contributed by atoms with E-state index in [2.05, 4.69) is 4.72 Å². The van der Waals surface area contributed by atoms with Crippen LogP contribution in [0.15, 0.2) is 36.4 Å². The molecule has 23 heavy (non-hydrogen) atoms. The second-order valence-corrected chi connectivity index (χ2v) is 6.90. The maximum atomic E-state index is 13.7. The molecule has 1 N–H and O–H groups in total. The molecule has 0 radical (unpaired) electrons. The van der Waals surface area contributed by atoms with Crippen molar-refractivity contribution in [3.05, 3.63) is 70.3 Å². The van der Waals surface area contributed by atoms with E-state index in [9.17, 15) is 17.2 Å².